The van der Waals surface area contributed by atoms with Crippen LogP contribution in [0.5, 0.6) is 11.5 Å². The number of hydrogen-bond donors (Lipinski definition) is 0. The van der Waals surface area contributed by atoms with Gasteiger partial charge in [0, 0.05) is 0 Å². The molecule has 1 heterocycles. The molecule has 0 atom stereocenters. The number of methoxy groups -OCH3 is 1. The highest BCUT2D eigenvalue weighted by Crippen LogP contribution is 2.31. The molecule has 0 radical (unpaired) electrons. The maximum Gasteiger partial charge on any atom is 0.267 e. The Morgan fingerprint density at radius 2 is 1.73 bits per heavy atom. The molecule has 0 aliphatic heterocycles. The molecule has 5 nitrogen and oxygen atoms in total. The monoisotopic (exact) mass is 418 g/mol. The molecule has 0 aliphatic rings. The van der Waals surface area contributed by atoms with Crippen LogP contribution < -0.4 is 14.4 Å². The third-order valence-corrected chi connectivity index (χ3v) is 5.71. The standard InChI is InChI=1S/C24H22N2O3S/c1-17-12-13-19-22(14-17)30-24(25-19)26(15-18-8-4-3-5-9-18)23(27)16-29-21-11-7-6-10-20(21)28-2/h3-14H,15-16H2,1-2H3. The van der Waals surface area contributed by atoms with Crippen LogP contribution in [0.15, 0.2) is 72.8 Å². The second kappa shape index (κ2) is 8.97. The largest absolute Gasteiger partial charge is 0.493 e. The Morgan fingerprint density at radius 1 is 1.00 bits per heavy atom. The van der Waals surface area contributed by atoms with Crippen molar-refractivity contribution in [2.24, 2.45) is 0 Å². The molecule has 0 saturated heterocycles. The Hall–Kier alpha value is -3.38. The third-order valence-electron chi connectivity index (χ3n) is 4.67. The van der Waals surface area contributed by atoms with Crippen molar-refractivity contribution in [1.29, 1.82) is 0 Å². The van der Waals surface area contributed by atoms with Gasteiger partial charge < -0.3 is 9.47 Å². The predicted octanol–water partition coefficient (Wildman–Crippen LogP) is 5.23. The summed E-state index contributed by atoms with van der Waals surface area (Å²) in [5.41, 5.74) is 3.08. The number of carbonyl (C=O) groups is 1. The van der Waals surface area contributed by atoms with Crippen LogP contribution in [0, 0.1) is 6.92 Å². The van der Waals surface area contributed by atoms with Crippen molar-refractivity contribution in [3.8, 4) is 11.5 Å². The van der Waals surface area contributed by atoms with Crippen LogP contribution in [0.3, 0.4) is 0 Å². The van der Waals surface area contributed by atoms with E-state index in [1.165, 1.54) is 11.3 Å². The van der Waals surface area contributed by atoms with Crippen molar-refractivity contribution in [2.75, 3.05) is 18.6 Å². The number of anilines is 1. The molecule has 4 rings (SSSR count). The first-order chi connectivity index (χ1) is 14.6. The summed E-state index contributed by atoms with van der Waals surface area (Å²) in [4.78, 5) is 19.6. The average Bonchev–Trinajstić information content (AvgIpc) is 3.19. The maximum atomic E-state index is 13.2. The van der Waals surface area contributed by atoms with Gasteiger partial charge in [-0.1, -0.05) is 59.9 Å². The Bertz CT molecular complexity index is 1160. The summed E-state index contributed by atoms with van der Waals surface area (Å²) in [6.07, 6.45) is 0. The summed E-state index contributed by atoms with van der Waals surface area (Å²) >= 11 is 1.51. The molecule has 30 heavy (non-hydrogen) atoms. The minimum Gasteiger partial charge on any atom is -0.493 e. The van der Waals surface area contributed by atoms with Crippen LogP contribution >= 0.6 is 11.3 Å². The van der Waals surface area contributed by atoms with E-state index in [1.807, 2.05) is 61.5 Å². The number of aryl methyl sites for hydroxylation is 1. The van der Waals surface area contributed by atoms with Crippen molar-refractivity contribution >= 4 is 32.6 Å². The molecule has 0 saturated carbocycles. The number of hydrogen-bond acceptors (Lipinski definition) is 5. The lowest BCUT2D eigenvalue weighted by atomic mass is 10.2. The molecule has 0 N–H and O–H groups in total. The fraction of sp³-hybridized carbons (Fsp3) is 0.167. The zero-order valence-corrected chi connectivity index (χ0v) is 17.7. The van der Waals surface area contributed by atoms with Crippen LogP contribution in [0.2, 0.25) is 0 Å². The van der Waals surface area contributed by atoms with Gasteiger partial charge in [0.25, 0.3) is 5.91 Å². The number of fused-ring (bicyclic) bond motifs is 1. The highest BCUT2D eigenvalue weighted by molar-refractivity contribution is 7.22. The number of carbonyl (C=O) groups excluding carboxylic acids is 1. The van der Waals surface area contributed by atoms with Crippen LogP contribution in [0.4, 0.5) is 5.13 Å². The Kier molecular flexibility index (Phi) is 5.95. The van der Waals surface area contributed by atoms with Gasteiger partial charge in [-0.3, -0.25) is 9.69 Å². The summed E-state index contributed by atoms with van der Waals surface area (Å²) < 4.78 is 12.2. The van der Waals surface area contributed by atoms with Crippen LogP contribution in [0.25, 0.3) is 10.2 Å². The minimum atomic E-state index is -0.166. The van der Waals surface area contributed by atoms with E-state index in [2.05, 4.69) is 6.07 Å². The second-order valence-corrected chi connectivity index (χ2v) is 7.88. The van der Waals surface area contributed by atoms with Gasteiger partial charge in [0.2, 0.25) is 0 Å². The Morgan fingerprint density at radius 3 is 2.50 bits per heavy atom. The fourth-order valence-electron chi connectivity index (χ4n) is 3.12. The summed E-state index contributed by atoms with van der Waals surface area (Å²) in [5, 5.41) is 0.660. The second-order valence-electron chi connectivity index (χ2n) is 6.87. The van der Waals surface area contributed by atoms with Crippen molar-refractivity contribution in [3.05, 3.63) is 83.9 Å². The number of thiazole rings is 1. The maximum absolute atomic E-state index is 13.2. The highest BCUT2D eigenvalue weighted by Gasteiger charge is 2.21. The van der Waals surface area contributed by atoms with E-state index in [1.54, 1.807) is 24.1 Å². The summed E-state index contributed by atoms with van der Waals surface area (Å²) in [6.45, 7) is 2.36. The average molecular weight is 419 g/mol. The molecule has 4 aromatic rings. The smallest absolute Gasteiger partial charge is 0.267 e. The molecule has 1 amide bonds. The third kappa shape index (κ3) is 4.44. The molecule has 0 spiro atoms. The van der Waals surface area contributed by atoms with E-state index in [0.717, 1.165) is 21.3 Å². The van der Waals surface area contributed by atoms with Crippen LogP contribution in [-0.4, -0.2) is 24.6 Å². The summed E-state index contributed by atoms with van der Waals surface area (Å²) in [5.74, 6) is 0.962. The molecule has 0 bridgehead atoms. The minimum absolute atomic E-state index is 0.109. The van der Waals surface area contributed by atoms with E-state index in [4.69, 9.17) is 14.5 Å². The number of ether oxygens (including phenoxy) is 2. The lowest BCUT2D eigenvalue weighted by molar-refractivity contribution is -0.120. The molecule has 0 fully saturated rings. The van der Waals surface area contributed by atoms with E-state index in [9.17, 15) is 4.79 Å². The Balaban J connectivity index is 1.61. The molecule has 3 aromatic carbocycles. The van der Waals surface area contributed by atoms with Gasteiger partial charge in [0.05, 0.1) is 23.9 Å². The summed E-state index contributed by atoms with van der Waals surface area (Å²) in [7, 11) is 1.58. The van der Waals surface area contributed by atoms with Gasteiger partial charge in [0.1, 0.15) is 0 Å². The molecule has 0 unspecified atom stereocenters. The predicted molar refractivity (Wildman–Crippen MR) is 120 cm³/mol. The number of para-hydroxylation sites is 2. The van der Waals surface area contributed by atoms with Gasteiger partial charge in [-0.15, -0.1) is 0 Å². The first-order valence-electron chi connectivity index (χ1n) is 9.61. The number of aromatic nitrogens is 1. The van der Waals surface area contributed by atoms with Crippen molar-refractivity contribution in [2.45, 2.75) is 13.5 Å². The SMILES string of the molecule is COc1ccccc1OCC(=O)N(Cc1ccccc1)c1nc2ccc(C)cc2s1. The Labute approximate surface area is 179 Å². The van der Waals surface area contributed by atoms with E-state index >= 15 is 0 Å². The van der Waals surface area contributed by atoms with Crippen molar-refractivity contribution < 1.29 is 14.3 Å². The molecule has 6 heteroatoms. The van der Waals surface area contributed by atoms with Crippen LogP contribution in [0.1, 0.15) is 11.1 Å². The van der Waals surface area contributed by atoms with E-state index < -0.39 is 0 Å². The van der Waals surface area contributed by atoms with Gasteiger partial charge in [-0.05, 0) is 42.3 Å². The lowest BCUT2D eigenvalue weighted by Gasteiger charge is -2.20. The molecular weight excluding hydrogens is 396 g/mol. The van der Waals surface area contributed by atoms with Gasteiger partial charge >= 0.3 is 0 Å². The number of benzene rings is 3. The first-order valence-corrected chi connectivity index (χ1v) is 10.4. The molecular formula is C24H22N2O3S. The lowest BCUT2D eigenvalue weighted by Crippen LogP contribution is -2.34. The number of nitrogens with zero attached hydrogens (tertiary/aromatic N) is 2. The zero-order valence-electron chi connectivity index (χ0n) is 16.9. The van der Waals surface area contributed by atoms with Crippen LogP contribution in [-0.2, 0) is 11.3 Å². The molecule has 0 aliphatic carbocycles. The molecule has 152 valence electrons. The molecule has 1 aromatic heterocycles. The normalized spacial score (nSPS) is 10.7. The summed E-state index contributed by atoms with van der Waals surface area (Å²) in [6, 6.07) is 23.3. The number of rotatable bonds is 7. The van der Waals surface area contributed by atoms with E-state index in [-0.39, 0.29) is 12.5 Å². The highest BCUT2D eigenvalue weighted by atomic mass is 32.1. The quantitative estimate of drug-likeness (QED) is 0.413. The van der Waals surface area contributed by atoms with Gasteiger partial charge in [-0.25, -0.2) is 4.98 Å². The zero-order chi connectivity index (χ0) is 20.9. The van der Waals surface area contributed by atoms with Gasteiger partial charge in [-0.2, -0.15) is 0 Å². The van der Waals surface area contributed by atoms with Crippen molar-refractivity contribution in [3.63, 3.8) is 0 Å². The van der Waals surface area contributed by atoms with Gasteiger partial charge in [0.15, 0.2) is 23.2 Å². The fourth-order valence-corrected chi connectivity index (χ4v) is 4.20. The van der Waals surface area contributed by atoms with E-state index in [0.29, 0.717) is 23.2 Å². The van der Waals surface area contributed by atoms with Crippen molar-refractivity contribution in [1.82, 2.24) is 4.98 Å². The first kappa shape index (κ1) is 19.9. The topological polar surface area (TPSA) is 51.7 Å². The number of amides is 1.